The van der Waals surface area contributed by atoms with Crippen molar-refractivity contribution in [2.24, 2.45) is 4.99 Å². The highest BCUT2D eigenvalue weighted by Crippen LogP contribution is 2.29. The smallest absolute Gasteiger partial charge is 0.166 e. The van der Waals surface area contributed by atoms with Crippen LogP contribution in [0.25, 0.3) is 0 Å². The number of methoxy groups -OCH3 is 1. The molecule has 3 nitrogen and oxygen atoms in total. The normalized spacial score (nSPS) is 10.9. The third-order valence-electron chi connectivity index (χ3n) is 2.50. The summed E-state index contributed by atoms with van der Waals surface area (Å²) >= 11 is 5.77. The van der Waals surface area contributed by atoms with Crippen LogP contribution in [0.5, 0.6) is 11.5 Å². The molecule has 0 atom stereocenters. The second kappa shape index (κ2) is 5.71. The number of aliphatic imine (C=N–C) groups is 1. The average molecular weight is 280 g/mol. The molecule has 0 heterocycles. The van der Waals surface area contributed by atoms with Gasteiger partial charge in [0.15, 0.2) is 11.5 Å². The fourth-order valence-corrected chi connectivity index (χ4v) is 1.70. The number of nitrogens with zero attached hydrogens (tertiary/aromatic N) is 1. The second-order valence-electron chi connectivity index (χ2n) is 3.75. The minimum absolute atomic E-state index is 0.0452. The first-order chi connectivity index (χ1) is 9.11. The van der Waals surface area contributed by atoms with Gasteiger partial charge in [0.2, 0.25) is 0 Å². The molecule has 0 saturated carbocycles. The van der Waals surface area contributed by atoms with Gasteiger partial charge in [0.25, 0.3) is 0 Å². The van der Waals surface area contributed by atoms with Gasteiger partial charge < -0.3 is 9.84 Å². The van der Waals surface area contributed by atoms with E-state index in [1.165, 1.54) is 31.5 Å². The molecule has 0 aliphatic rings. The van der Waals surface area contributed by atoms with Crippen molar-refractivity contribution in [2.45, 2.75) is 0 Å². The number of hydrogen-bond donors (Lipinski definition) is 1. The Kier molecular flexibility index (Phi) is 4.02. The van der Waals surface area contributed by atoms with Crippen LogP contribution in [0.15, 0.2) is 41.4 Å². The predicted molar refractivity (Wildman–Crippen MR) is 73.3 cm³/mol. The molecule has 2 aromatic rings. The van der Waals surface area contributed by atoms with E-state index < -0.39 is 5.82 Å². The van der Waals surface area contributed by atoms with E-state index in [0.717, 1.165) is 0 Å². The number of phenolic OH excluding ortho intramolecular Hbond substituents is 1. The minimum Gasteiger partial charge on any atom is -0.504 e. The zero-order valence-corrected chi connectivity index (χ0v) is 10.9. The van der Waals surface area contributed by atoms with E-state index in [4.69, 9.17) is 16.3 Å². The third-order valence-corrected chi connectivity index (χ3v) is 2.74. The zero-order chi connectivity index (χ0) is 13.8. The maximum Gasteiger partial charge on any atom is 0.166 e. The number of halogens is 2. The third kappa shape index (κ3) is 3.03. The fraction of sp³-hybridized carbons (Fsp3) is 0.0714. The van der Waals surface area contributed by atoms with Gasteiger partial charge >= 0.3 is 0 Å². The van der Waals surface area contributed by atoms with Crippen molar-refractivity contribution in [1.29, 1.82) is 0 Å². The molecule has 0 unspecified atom stereocenters. The molecule has 0 radical (unpaired) electrons. The van der Waals surface area contributed by atoms with E-state index in [1.54, 1.807) is 18.2 Å². The van der Waals surface area contributed by atoms with Gasteiger partial charge in [0, 0.05) is 16.8 Å². The molecule has 19 heavy (non-hydrogen) atoms. The van der Waals surface area contributed by atoms with E-state index in [9.17, 15) is 9.50 Å². The molecule has 0 spiro atoms. The molecule has 0 aliphatic heterocycles. The zero-order valence-electron chi connectivity index (χ0n) is 10.1. The number of aromatic hydroxyl groups is 1. The van der Waals surface area contributed by atoms with E-state index in [0.29, 0.717) is 16.3 Å². The van der Waals surface area contributed by atoms with Gasteiger partial charge in [0.1, 0.15) is 11.5 Å². The monoisotopic (exact) mass is 279 g/mol. The molecular formula is C14H11ClFNO2. The largest absolute Gasteiger partial charge is 0.504 e. The van der Waals surface area contributed by atoms with E-state index in [-0.39, 0.29) is 11.4 Å². The van der Waals surface area contributed by atoms with Gasteiger partial charge in [0.05, 0.1) is 7.11 Å². The molecule has 0 saturated heterocycles. The van der Waals surface area contributed by atoms with Crippen molar-refractivity contribution >= 4 is 23.5 Å². The number of phenols is 1. The summed E-state index contributed by atoms with van der Waals surface area (Å²) in [6.07, 6.45) is 1.35. The Morgan fingerprint density at radius 2 is 2.11 bits per heavy atom. The number of hydrogen-bond acceptors (Lipinski definition) is 3. The van der Waals surface area contributed by atoms with Crippen LogP contribution >= 0.6 is 11.6 Å². The van der Waals surface area contributed by atoms with E-state index in [2.05, 4.69) is 4.99 Å². The lowest BCUT2D eigenvalue weighted by atomic mass is 10.2. The van der Waals surface area contributed by atoms with E-state index in [1.807, 2.05) is 0 Å². The minimum atomic E-state index is -0.483. The van der Waals surface area contributed by atoms with Crippen LogP contribution in [0.3, 0.4) is 0 Å². The number of ether oxygens (including phenoxy) is 1. The number of para-hydroxylation sites is 1. The Morgan fingerprint density at radius 3 is 2.84 bits per heavy atom. The van der Waals surface area contributed by atoms with Crippen LogP contribution in [0.1, 0.15) is 5.56 Å². The quantitative estimate of drug-likeness (QED) is 0.865. The molecule has 0 aliphatic carbocycles. The molecule has 0 bridgehead atoms. The number of rotatable bonds is 3. The van der Waals surface area contributed by atoms with Crippen LogP contribution in [0, 0.1) is 5.82 Å². The van der Waals surface area contributed by atoms with Gasteiger partial charge in [-0.3, -0.25) is 4.99 Å². The van der Waals surface area contributed by atoms with Crippen molar-refractivity contribution in [3.8, 4) is 11.5 Å². The van der Waals surface area contributed by atoms with Crippen molar-refractivity contribution in [3.05, 3.63) is 52.8 Å². The molecule has 5 heteroatoms. The fourth-order valence-electron chi connectivity index (χ4n) is 1.53. The molecular weight excluding hydrogens is 269 g/mol. The van der Waals surface area contributed by atoms with Crippen LogP contribution in [0.2, 0.25) is 5.02 Å². The van der Waals surface area contributed by atoms with Gasteiger partial charge in [-0.15, -0.1) is 0 Å². The molecule has 98 valence electrons. The Hall–Kier alpha value is -2.07. The van der Waals surface area contributed by atoms with Crippen LogP contribution in [-0.2, 0) is 0 Å². The lowest BCUT2D eigenvalue weighted by molar-refractivity contribution is 0.373. The summed E-state index contributed by atoms with van der Waals surface area (Å²) in [5, 5.41) is 10.2. The van der Waals surface area contributed by atoms with Crippen molar-refractivity contribution in [2.75, 3.05) is 7.11 Å². The van der Waals surface area contributed by atoms with Gasteiger partial charge in [-0.1, -0.05) is 17.7 Å². The summed E-state index contributed by atoms with van der Waals surface area (Å²) < 4.78 is 18.4. The summed E-state index contributed by atoms with van der Waals surface area (Å²) in [4.78, 5) is 3.97. The Balaban J connectivity index is 2.35. The summed E-state index contributed by atoms with van der Waals surface area (Å²) in [5.41, 5.74) is 0.536. The standard InChI is InChI=1S/C14H11ClFNO2/c1-19-13-4-2-3-9(14(13)18)8-17-12-7-10(15)5-6-11(12)16/h2-8,18H,1H3. The Morgan fingerprint density at radius 1 is 1.32 bits per heavy atom. The maximum absolute atomic E-state index is 13.5. The van der Waals surface area contributed by atoms with E-state index >= 15 is 0 Å². The van der Waals surface area contributed by atoms with Crippen molar-refractivity contribution in [1.82, 2.24) is 0 Å². The first-order valence-electron chi connectivity index (χ1n) is 5.47. The van der Waals surface area contributed by atoms with Crippen LogP contribution in [0.4, 0.5) is 10.1 Å². The topological polar surface area (TPSA) is 41.8 Å². The maximum atomic E-state index is 13.5. The lowest BCUT2D eigenvalue weighted by Crippen LogP contribution is -1.88. The number of benzene rings is 2. The second-order valence-corrected chi connectivity index (χ2v) is 4.19. The highest BCUT2D eigenvalue weighted by Gasteiger charge is 2.06. The Bertz CT molecular complexity index is 629. The summed E-state index contributed by atoms with van der Waals surface area (Å²) in [6.45, 7) is 0. The summed E-state index contributed by atoms with van der Waals surface area (Å²) in [7, 11) is 1.45. The first kappa shape index (κ1) is 13.4. The summed E-state index contributed by atoms with van der Waals surface area (Å²) in [6, 6.07) is 9.05. The van der Waals surface area contributed by atoms with Gasteiger partial charge in [-0.25, -0.2) is 4.39 Å². The highest BCUT2D eigenvalue weighted by atomic mass is 35.5. The summed E-state index contributed by atoms with van der Waals surface area (Å²) in [5.74, 6) is -0.199. The molecule has 0 amide bonds. The van der Waals surface area contributed by atoms with Crippen molar-refractivity contribution < 1.29 is 14.2 Å². The van der Waals surface area contributed by atoms with Crippen LogP contribution < -0.4 is 4.74 Å². The average Bonchev–Trinajstić information content (AvgIpc) is 2.41. The van der Waals surface area contributed by atoms with Gasteiger partial charge in [-0.2, -0.15) is 0 Å². The molecule has 0 aromatic heterocycles. The molecule has 0 fully saturated rings. The lowest BCUT2D eigenvalue weighted by Gasteiger charge is -2.05. The SMILES string of the molecule is COc1cccc(C=Nc2cc(Cl)ccc2F)c1O. The van der Waals surface area contributed by atoms with Crippen LogP contribution in [-0.4, -0.2) is 18.4 Å². The first-order valence-corrected chi connectivity index (χ1v) is 5.84. The molecule has 2 aromatic carbocycles. The van der Waals surface area contributed by atoms with Gasteiger partial charge in [-0.05, 0) is 30.3 Å². The molecule has 2 rings (SSSR count). The van der Waals surface area contributed by atoms with Crippen molar-refractivity contribution in [3.63, 3.8) is 0 Å². The highest BCUT2D eigenvalue weighted by molar-refractivity contribution is 6.30. The molecule has 1 N–H and O–H groups in total. The predicted octanol–water partition coefficient (Wildman–Crippen LogP) is 3.94. The Labute approximate surface area is 114 Å².